The fourth-order valence-electron chi connectivity index (χ4n) is 2.53. The molecule has 0 aliphatic carbocycles. The number of hydrogen-bond acceptors (Lipinski definition) is 5. The molecular formula is C15H18N2O5. The zero-order chi connectivity index (χ0) is 15.5. The molecule has 0 amide bonds. The molecule has 1 saturated heterocycles. The van der Waals surface area contributed by atoms with Gasteiger partial charge in [-0.05, 0) is 31.4 Å². The molecule has 2 aromatic rings. The Hall–Kier alpha value is -2.12. The quantitative estimate of drug-likeness (QED) is 0.910. The maximum Gasteiger partial charge on any atom is 0.337 e. The number of pyridine rings is 1. The largest absolute Gasteiger partial charge is 0.481 e. The average Bonchev–Trinajstić information content (AvgIpc) is 2.96. The van der Waals surface area contributed by atoms with Crippen LogP contribution in [0.15, 0.2) is 18.2 Å². The third-order valence-electron chi connectivity index (χ3n) is 3.63. The molecule has 0 spiro atoms. The van der Waals surface area contributed by atoms with Gasteiger partial charge in [-0.15, -0.1) is 0 Å². The number of carboxylic acids is 1. The Bertz CT molecular complexity index is 676. The summed E-state index contributed by atoms with van der Waals surface area (Å²) in [5.74, 6) is -0.532. The van der Waals surface area contributed by atoms with Crippen LogP contribution in [-0.2, 0) is 16.1 Å². The zero-order valence-corrected chi connectivity index (χ0v) is 12.3. The van der Waals surface area contributed by atoms with E-state index >= 15 is 0 Å². The fraction of sp³-hybridized carbons (Fsp3) is 0.467. The number of aromatic nitrogens is 2. The first-order valence-electron chi connectivity index (χ1n) is 7.21. The lowest BCUT2D eigenvalue weighted by Gasteiger charge is -2.22. The summed E-state index contributed by atoms with van der Waals surface area (Å²) in [5.41, 5.74) is 1.30. The van der Waals surface area contributed by atoms with Crippen molar-refractivity contribution in [1.82, 2.24) is 9.61 Å². The number of carbonyl (C=O) groups is 1. The summed E-state index contributed by atoms with van der Waals surface area (Å²) in [6.07, 6.45) is 2.82. The summed E-state index contributed by atoms with van der Waals surface area (Å²) in [4.78, 5) is 11.3. The van der Waals surface area contributed by atoms with Crippen LogP contribution >= 0.6 is 0 Å². The minimum Gasteiger partial charge on any atom is -0.481 e. The van der Waals surface area contributed by atoms with Gasteiger partial charge in [-0.3, -0.25) is 0 Å². The highest BCUT2D eigenvalue weighted by Gasteiger charge is 2.17. The Balaban J connectivity index is 1.84. The molecule has 1 unspecified atom stereocenters. The van der Waals surface area contributed by atoms with Crippen molar-refractivity contribution in [1.29, 1.82) is 0 Å². The molecule has 1 N–H and O–H groups in total. The number of hydrogen-bond donors (Lipinski definition) is 1. The number of carboxylic acid groups (broad SMARTS) is 1. The normalized spacial score (nSPS) is 18.5. The standard InChI is InChI=1S/C15H18N2O5/c1-20-13-6-5-11(15(18)19)12-8-10(16-17(12)13)9-22-14-4-2-3-7-21-14/h5-6,8,14H,2-4,7,9H2,1H3,(H,18,19). The van der Waals surface area contributed by atoms with Crippen molar-refractivity contribution in [3.8, 4) is 5.88 Å². The number of methoxy groups -OCH3 is 1. The van der Waals surface area contributed by atoms with Crippen molar-refractivity contribution in [2.24, 2.45) is 0 Å². The van der Waals surface area contributed by atoms with Crippen LogP contribution in [0.3, 0.4) is 0 Å². The van der Waals surface area contributed by atoms with Crippen LogP contribution in [0, 0.1) is 0 Å². The van der Waals surface area contributed by atoms with Gasteiger partial charge in [-0.1, -0.05) is 0 Å². The van der Waals surface area contributed by atoms with Crippen molar-refractivity contribution in [2.45, 2.75) is 32.2 Å². The molecule has 3 heterocycles. The highest BCUT2D eigenvalue weighted by molar-refractivity contribution is 5.95. The van der Waals surface area contributed by atoms with Crippen molar-refractivity contribution in [3.63, 3.8) is 0 Å². The van der Waals surface area contributed by atoms with E-state index in [4.69, 9.17) is 14.2 Å². The molecule has 1 fully saturated rings. The molecule has 3 rings (SSSR count). The van der Waals surface area contributed by atoms with Crippen LogP contribution in [0.4, 0.5) is 0 Å². The van der Waals surface area contributed by atoms with Crippen molar-refractivity contribution >= 4 is 11.5 Å². The lowest BCUT2D eigenvalue weighted by Crippen LogP contribution is -2.22. The molecule has 1 aliphatic heterocycles. The minimum absolute atomic E-state index is 0.175. The smallest absolute Gasteiger partial charge is 0.337 e. The molecule has 22 heavy (non-hydrogen) atoms. The van der Waals surface area contributed by atoms with Gasteiger partial charge in [0.15, 0.2) is 6.29 Å². The van der Waals surface area contributed by atoms with Crippen molar-refractivity contribution < 1.29 is 24.1 Å². The van der Waals surface area contributed by atoms with Crippen LogP contribution in [0.5, 0.6) is 5.88 Å². The van der Waals surface area contributed by atoms with Crippen LogP contribution < -0.4 is 4.74 Å². The lowest BCUT2D eigenvalue weighted by molar-refractivity contribution is -0.169. The van der Waals surface area contributed by atoms with E-state index in [1.165, 1.54) is 17.7 Å². The molecule has 0 aromatic carbocycles. The Kier molecular flexibility index (Phi) is 4.26. The van der Waals surface area contributed by atoms with Crippen LogP contribution in [0.2, 0.25) is 0 Å². The Morgan fingerprint density at radius 2 is 2.36 bits per heavy atom. The minimum atomic E-state index is -1.00. The van der Waals surface area contributed by atoms with Gasteiger partial charge >= 0.3 is 5.97 Å². The van der Waals surface area contributed by atoms with Gasteiger partial charge in [0.1, 0.15) is 0 Å². The number of ether oxygens (including phenoxy) is 3. The molecule has 7 nitrogen and oxygen atoms in total. The summed E-state index contributed by atoms with van der Waals surface area (Å²) in [6, 6.07) is 4.79. The highest BCUT2D eigenvalue weighted by atomic mass is 16.7. The van der Waals surface area contributed by atoms with Gasteiger partial charge in [0, 0.05) is 12.7 Å². The van der Waals surface area contributed by atoms with Crippen LogP contribution in [-0.4, -0.2) is 40.7 Å². The Morgan fingerprint density at radius 3 is 3.05 bits per heavy atom. The SMILES string of the molecule is COc1ccc(C(=O)O)c2cc(COC3CCCCO3)nn12. The first kappa shape index (κ1) is 14.8. The maximum atomic E-state index is 11.3. The summed E-state index contributed by atoms with van der Waals surface area (Å²) >= 11 is 0. The highest BCUT2D eigenvalue weighted by Crippen LogP contribution is 2.21. The van der Waals surface area contributed by atoms with E-state index in [1.807, 2.05) is 0 Å². The third kappa shape index (κ3) is 2.90. The second-order valence-corrected chi connectivity index (χ2v) is 5.13. The van der Waals surface area contributed by atoms with Gasteiger partial charge in [0.25, 0.3) is 0 Å². The van der Waals surface area contributed by atoms with Gasteiger partial charge in [0.05, 0.1) is 30.5 Å². The van der Waals surface area contributed by atoms with E-state index in [0.717, 1.165) is 19.3 Å². The van der Waals surface area contributed by atoms with Gasteiger partial charge in [-0.25, -0.2) is 4.79 Å². The molecule has 1 atom stereocenters. The molecule has 0 saturated carbocycles. The summed E-state index contributed by atoms with van der Waals surface area (Å²) in [6.45, 7) is 0.987. The Labute approximate surface area is 127 Å². The number of aromatic carboxylic acids is 1. The maximum absolute atomic E-state index is 11.3. The topological polar surface area (TPSA) is 82.3 Å². The lowest BCUT2D eigenvalue weighted by atomic mass is 10.2. The summed E-state index contributed by atoms with van der Waals surface area (Å²) in [7, 11) is 1.52. The molecule has 118 valence electrons. The van der Waals surface area contributed by atoms with Crippen molar-refractivity contribution in [3.05, 3.63) is 29.5 Å². The predicted octanol–water partition coefficient (Wildman–Crippen LogP) is 2.08. The summed E-state index contributed by atoms with van der Waals surface area (Å²) in [5, 5.41) is 13.6. The van der Waals surface area contributed by atoms with Crippen LogP contribution in [0.1, 0.15) is 35.3 Å². The monoisotopic (exact) mass is 306 g/mol. The predicted molar refractivity (Wildman–Crippen MR) is 77.1 cm³/mol. The molecule has 0 bridgehead atoms. The van der Waals surface area contributed by atoms with Gasteiger partial charge in [0.2, 0.25) is 5.88 Å². The van der Waals surface area contributed by atoms with E-state index in [9.17, 15) is 9.90 Å². The van der Waals surface area contributed by atoms with E-state index in [0.29, 0.717) is 23.7 Å². The molecular weight excluding hydrogens is 288 g/mol. The second kappa shape index (κ2) is 6.33. The molecule has 1 aliphatic rings. The Morgan fingerprint density at radius 1 is 1.50 bits per heavy atom. The van der Waals surface area contributed by atoms with Crippen molar-refractivity contribution in [2.75, 3.05) is 13.7 Å². The zero-order valence-electron chi connectivity index (χ0n) is 12.3. The molecule has 7 heteroatoms. The third-order valence-corrected chi connectivity index (χ3v) is 3.63. The van der Waals surface area contributed by atoms with E-state index < -0.39 is 5.97 Å². The number of nitrogens with zero attached hydrogens (tertiary/aromatic N) is 2. The number of rotatable bonds is 5. The number of fused-ring (bicyclic) bond motifs is 1. The first-order valence-corrected chi connectivity index (χ1v) is 7.21. The molecule has 2 aromatic heterocycles. The first-order chi connectivity index (χ1) is 10.7. The van der Waals surface area contributed by atoms with Crippen LogP contribution in [0.25, 0.3) is 5.52 Å². The molecule has 0 radical (unpaired) electrons. The van der Waals surface area contributed by atoms with E-state index in [1.54, 1.807) is 12.1 Å². The average molecular weight is 306 g/mol. The van der Waals surface area contributed by atoms with E-state index in [2.05, 4.69) is 5.10 Å². The van der Waals surface area contributed by atoms with Gasteiger partial charge < -0.3 is 19.3 Å². The second-order valence-electron chi connectivity index (χ2n) is 5.13. The van der Waals surface area contributed by atoms with Gasteiger partial charge in [-0.2, -0.15) is 9.61 Å². The fourth-order valence-corrected chi connectivity index (χ4v) is 2.53. The summed E-state index contributed by atoms with van der Waals surface area (Å²) < 4.78 is 17.9. The van der Waals surface area contributed by atoms with E-state index in [-0.39, 0.29) is 18.5 Å².